The van der Waals surface area contributed by atoms with Crippen molar-refractivity contribution >= 4 is 17.9 Å². The van der Waals surface area contributed by atoms with Gasteiger partial charge >= 0.3 is 12.0 Å². The maximum absolute atomic E-state index is 13.6. The number of carbonyl (C=O) groups is 3. The van der Waals surface area contributed by atoms with Crippen molar-refractivity contribution in [2.75, 3.05) is 19.7 Å². The van der Waals surface area contributed by atoms with Crippen LogP contribution in [0.3, 0.4) is 0 Å². The Balaban J connectivity index is 1.68. The van der Waals surface area contributed by atoms with E-state index < -0.39 is 29.2 Å². The van der Waals surface area contributed by atoms with Crippen LogP contribution < -0.4 is 10.6 Å². The largest absolute Gasteiger partial charge is 0.481 e. The van der Waals surface area contributed by atoms with Crippen LogP contribution in [-0.2, 0) is 25.6 Å². The molecule has 4 atom stereocenters. The van der Waals surface area contributed by atoms with Crippen LogP contribution in [0.2, 0.25) is 0 Å². The number of unbranched alkanes of at least 4 members (excludes halogenated alkanes) is 3. The zero-order chi connectivity index (χ0) is 30.0. The summed E-state index contributed by atoms with van der Waals surface area (Å²) in [4.78, 5) is 41.2. The Morgan fingerprint density at radius 3 is 2.44 bits per heavy atom. The molecule has 0 radical (unpaired) electrons. The average molecular weight is 574 g/mol. The molecule has 230 valence electrons. The molecule has 3 rings (SSSR count). The van der Waals surface area contributed by atoms with E-state index in [4.69, 9.17) is 9.47 Å². The van der Waals surface area contributed by atoms with Gasteiger partial charge < -0.3 is 30.1 Å². The number of benzene rings is 1. The van der Waals surface area contributed by atoms with E-state index in [1.165, 1.54) is 0 Å². The lowest BCUT2D eigenvalue weighted by atomic mass is 9.76. The lowest BCUT2D eigenvalue weighted by molar-refractivity contribution is -0.304. The minimum atomic E-state index is -0.968. The molecule has 2 aliphatic rings. The summed E-state index contributed by atoms with van der Waals surface area (Å²) in [6.45, 7) is 11.0. The van der Waals surface area contributed by atoms with E-state index in [2.05, 4.69) is 17.6 Å². The molecule has 0 bridgehead atoms. The lowest BCUT2D eigenvalue weighted by Crippen LogP contribution is -2.57. The number of carboxylic acid groups (broad SMARTS) is 1. The molecule has 1 heterocycles. The Kier molecular flexibility index (Phi) is 12.0. The predicted octanol–water partition coefficient (Wildman–Crippen LogP) is 5.33. The molecule has 4 unspecified atom stereocenters. The van der Waals surface area contributed by atoms with Crippen molar-refractivity contribution in [1.82, 2.24) is 15.5 Å². The van der Waals surface area contributed by atoms with Gasteiger partial charge in [-0.1, -0.05) is 83.2 Å². The Morgan fingerprint density at radius 1 is 1.05 bits per heavy atom. The van der Waals surface area contributed by atoms with Crippen LogP contribution in [0.5, 0.6) is 0 Å². The highest BCUT2D eigenvalue weighted by molar-refractivity contribution is 5.82. The number of hydrogen-bond donors (Lipinski definition) is 3. The Hall–Kier alpha value is -2.65. The van der Waals surface area contributed by atoms with Crippen LogP contribution in [-0.4, -0.2) is 65.5 Å². The SMILES string of the molecule is CCCCCCN(Cc1ccccc1)C(=O)NC1CCCCC1C(CNC(=O)C1OC(C)(C)OCC1(C)C)C(=O)O. The molecule has 0 aromatic heterocycles. The van der Waals surface area contributed by atoms with Crippen LogP contribution in [0.4, 0.5) is 4.79 Å². The second kappa shape index (κ2) is 15.0. The summed E-state index contributed by atoms with van der Waals surface area (Å²) < 4.78 is 11.7. The molecule has 1 saturated carbocycles. The van der Waals surface area contributed by atoms with Crippen molar-refractivity contribution < 1.29 is 29.0 Å². The van der Waals surface area contributed by atoms with Crippen molar-refractivity contribution in [3.8, 4) is 0 Å². The summed E-state index contributed by atoms with van der Waals surface area (Å²) in [6.07, 6.45) is 6.69. The van der Waals surface area contributed by atoms with E-state index in [-0.39, 0.29) is 30.4 Å². The first kappa shape index (κ1) is 32.9. The maximum atomic E-state index is 13.6. The second-order valence-electron chi connectivity index (χ2n) is 12.8. The Bertz CT molecular complexity index is 998. The summed E-state index contributed by atoms with van der Waals surface area (Å²) in [5, 5.41) is 16.3. The first-order chi connectivity index (χ1) is 19.4. The summed E-state index contributed by atoms with van der Waals surface area (Å²) >= 11 is 0. The standard InChI is InChI=1S/C32H51N3O6/c1-6-7-8-14-19-35(21-23-15-10-9-11-16-23)30(39)34-26-18-13-12-17-24(26)25(29(37)38)20-33-28(36)27-31(2,3)22-40-32(4,5)41-27/h9-11,15-16,24-27H,6-8,12-14,17-22H2,1-5H3,(H,33,36)(H,34,39)(H,37,38). The third-order valence-electron chi connectivity index (χ3n) is 8.38. The van der Waals surface area contributed by atoms with E-state index in [0.717, 1.165) is 44.1 Å². The minimum Gasteiger partial charge on any atom is -0.481 e. The fraction of sp³-hybridized carbons (Fsp3) is 0.719. The van der Waals surface area contributed by atoms with E-state index >= 15 is 0 Å². The zero-order valence-corrected chi connectivity index (χ0v) is 25.6. The minimum absolute atomic E-state index is 0.0207. The van der Waals surface area contributed by atoms with Crippen molar-refractivity contribution in [3.05, 3.63) is 35.9 Å². The van der Waals surface area contributed by atoms with Gasteiger partial charge in [0.2, 0.25) is 5.91 Å². The summed E-state index contributed by atoms with van der Waals surface area (Å²) in [6, 6.07) is 9.50. The monoisotopic (exact) mass is 573 g/mol. The normalized spacial score (nSPS) is 24.2. The van der Waals surface area contributed by atoms with E-state index in [0.29, 0.717) is 32.5 Å². The number of nitrogens with zero attached hydrogens (tertiary/aromatic N) is 1. The maximum Gasteiger partial charge on any atom is 0.317 e. The molecule has 2 fully saturated rings. The molecule has 1 aromatic carbocycles. The molecule has 3 N–H and O–H groups in total. The average Bonchev–Trinajstić information content (AvgIpc) is 2.93. The summed E-state index contributed by atoms with van der Waals surface area (Å²) in [5.74, 6) is -3.32. The topological polar surface area (TPSA) is 117 Å². The van der Waals surface area contributed by atoms with Gasteiger partial charge in [0.25, 0.3) is 0 Å². The smallest absolute Gasteiger partial charge is 0.317 e. The first-order valence-corrected chi connectivity index (χ1v) is 15.3. The molecule has 1 saturated heterocycles. The number of ether oxygens (including phenoxy) is 2. The molecular weight excluding hydrogens is 522 g/mol. The van der Waals surface area contributed by atoms with Crippen molar-refractivity contribution in [2.45, 2.75) is 110 Å². The number of amides is 3. The first-order valence-electron chi connectivity index (χ1n) is 15.3. The highest BCUT2D eigenvalue weighted by atomic mass is 16.7. The molecule has 9 nitrogen and oxygen atoms in total. The van der Waals surface area contributed by atoms with Crippen LogP contribution in [0.25, 0.3) is 0 Å². The highest BCUT2D eigenvalue weighted by Gasteiger charge is 2.46. The summed E-state index contributed by atoms with van der Waals surface area (Å²) in [5.41, 5.74) is 0.504. The molecule has 1 aliphatic heterocycles. The third-order valence-corrected chi connectivity index (χ3v) is 8.38. The quantitative estimate of drug-likeness (QED) is 0.275. The number of urea groups is 1. The van der Waals surface area contributed by atoms with Gasteiger partial charge in [-0.3, -0.25) is 9.59 Å². The number of hydrogen-bond acceptors (Lipinski definition) is 5. The fourth-order valence-electron chi connectivity index (χ4n) is 5.90. The van der Waals surface area contributed by atoms with Gasteiger partial charge in [0, 0.05) is 31.1 Å². The Morgan fingerprint density at radius 2 is 1.76 bits per heavy atom. The molecular formula is C32H51N3O6. The van der Waals surface area contributed by atoms with Gasteiger partial charge in [0.15, 0.2) is 5.79 Å². The molecule has 3 amide bonds. The third kappa shape index (κ3) is 9.70. The summed E-state index contributed by atoms with van der Waals surface area (Å²) in [7, 11) is 0. The molecule has 0 spiro atoms. The van der Waals surface area contributed by atoms with Gasteiger partial charge in [0.1, 0.15) is 6.10 Å². The zero-order valence-electron chi connectivity index (χ0n) is 25.6. The molecule has 9 heteroatoms. The molecule has 41 heavy (non-hydrogen) atoms. The van der Waals surface area contributed by atoms with Crippen LogP contribution in [0, 0.1) is 17.3 Å². The Labute approximate surface area is 245 Å². The van der Waals surface area contributed by atoms with Gasteiger partial charge in [-0.25, -0.2) is 4.79 Å². The van der Waals surface area contributed by atoms with Crippen LogP contribution in [0.1, 0.15) is 91.5 Å². The number of nitrogens with one attached hydrogen (secondary N) is 2. The van der Waals surface area contributed by atoms with Crippen molar-refractivity contribution in [1.29, 1.82) is 0 Å². The van der Waals surface area contributed by atoms with Gasteiger partial charge in [-0.05, 0) is 44.6 Å². The van der Waals surface area contributed by atoms with Gasteiger partial charge in [-0.15, -0.1) is 0 Å². The fourth-order valence-corrected chi connectivity index (χ4v) is 5.90. The second-order valence-corrected chi connectivity index (χ2v) is 12.8. The van der Waals surface area contributed by atoms with Crippen LogP contribution >= 0.6 is 0 Å². The predicted molar refractivity (Wildman–Crippen MR) is 158 cm³/mol. The van der Waals surface area contributed by atoms with Crippen molar-refractivity contribution in [2.24, 2.45) is 17.3 Å². The van der Waals surface area contributed by atoms with Crippen molar-refractivity contribution in [3.63, 3.8) is 0 Å². The van der Waals surface area contributed by atoms with E-state index in [9.17, 15) is 19.5 Å². The number of carboxylic acids is 1. The number of aliphatic carboxylic acids is 1. The number of carbonyl (C=O) groups excluding carboxylic acids is 2. The highest BCUT2D eigenvalue weighted by Crippen LogP contribution is 2.35. The molecule has 1 aromatic rings. The van der Waals surface area contributed by atoms with Gasteiger partial charge in [-0.2, -0.15) is 0 Å². The van der Waals surface area contributed by atoms with E-state index in [1.807, 2.05) is 49.1 Å². The van der Waals surface area contributed by atoms with E-state index in [1.54, 1.807) is 13.8 Å². The van der Waals surface area contributed by atoms with Gasteiger partial charge in [0.05, 0.1) is 12.5 Å². The number of rotatable bonds is 13. The lowest BCUT2D eigenvalue weighted by Gasteiger charge is -2.45. The van der Waals surface area contributed by atoms with Crippen LogP contribution in [0.15, 0.2) is 30.3 Å². The molecule has 1 aliphatic carbocycles.